The molecule has 6 nitrogen and oxygen atoms in total. The highest BCUT2D eigenvalue weighted by Gasteiger charge is 2.33. The molecule has 1 amide bonds. The normalized spacial score (nSPS) is 14.7. The predicted octanol–water partition coefficient (Wildman–Crippen LogP) is 2.81. The third-order valence-corrected chi connectivity index (χ3v) is 2.90. The van der Waals surface area contributed by atoms with Gasteiger partial charge in [0.05, 0.1) is 6.61 Å². The number of fused-ring (bicyclic) bond motifs is 1. The molecule has 0 saturated heterocycles. The molecule has 0 N–H and O–H groups in total. The van der Waals surface area contributed by atoms with Crippen LogP contribution < -0.4 is 9.64 Å². The highest BCUT2D eigenvalue weighted by molar-refractivity contribution is 6.08. The van der Waals surface area contributed by atoms with E-state index < -0.39 is 11.7 Å². The Labute approximate surface area is 124 Å². The molecule has 2 rings (SSSR count). The van der Waals surface area contributed by atoms with Crippen LogP contribution in [-0.2, 0) is 4.74 Å². The van der Waals surface area contributed by atoms with Crippen molar-refractivity contribution in [2.75, 3.05) is 18.1 Å². The summed E-state index contributed by atoms with van der Waals surface area (Å²) in [6, 6.07) is 1.64. The Kier molecular flexibility index (Phi) is 4.16. The first-order chi connectivity index (χ1) is 9.83. The Morgan fingerprint density at radius 2 is 2.14 bits per heavy atom. The van der Waals surface area contributed by atoms with Crippen LogP contribution in [0, 0.1) is 0 Å². The molecule has 0 saturated carbocycles. The number of carbonyl (C=O) groups is 2. The third kappa shape index (κ3) is 3.32. The van der Waals surface area contributed by atoms with E-state index in [0.29, 0.717) is 23.7 Å². The van der Waals surface area contributed by atoms with Gasteiger partial charge in [0, 0.05) is 19.2 Å². The van der Waals surface area contributed by atoms with Gasteiger partial charge in [-0.05, 0) is 33.8 Å². The minimum absolute atomic E-state index is 0.0682. The van der Waals surface area contributed by atoms with E-state index in [1.54, 1.807) is 26.8 Å². The average Bonchev–Trinajstić information content (AvgIpc) is 2.37. The largest absolute Gasteiger partial charge is 0.493 e. The number of amides is 1. The van der Waals surface area contributed by atoms with Gasteiger partial charge in [0.1, 0.15) is 16.9 Å². The monoisotopic (exact) mass is 292 g/mol. The van der Waals surface area contributed by atoms with Gasteiger partial charge in [0.2, 0.25) is 0 Å². The van der Waals surface area contributed by atoms with Crippen molar-refractivity contribution in [3.8, 4) is 5.75 Å². The van der Waals surface area contributed by atoms with Crippen molar-refractivity contribution in [1.82, 2.24) is 4.98 Å². The summed E-state index contributed by atoms with van der Waals surface area (Å²) in [4.78, 5) is 30.0. The lowest BCUT2D eigenvalue weighted by atomic mass is 10.0. The molecule has 0 spiro atoms. The van der Waals surface area contributed by atoms with Gasteiger partial charge in [-0.1, -0.05) is 0 Å². The number of nitrogens with zero attached hydrogens (tertiary/aromatic N) is 2. The maximum absolute atomic E-state index is 12.3. The fourth-order valence-corrected chi connectivity index (χ4v) is 2.12. The number of pyridine rings is 1. The summed E-state index contributed by atoms with van der Waals surface area (Å²) in [5, 5.41) is 0. The molecule has 1 aromatic heterocycles. The van der Waals surface area contributed by atoms with E-state index in [4.69, 9.17) is 9.47 Å². The van der Waals surface area contributed by atoms with E-state index in [2.05, 4.69) is 4.98 Å². The SMILES string of the molecule is CCOc1ccnc2c1C(=O)CCN2C(=O)OC(C)(C)C. The average molecular weight is 292 g/mol. The van der Waals surface area contributed by atoms with Gasteiger partial charge in [0.15, 0.2) is 11.6 Å². The Morgan fingerprint density at radius 1 is 1.43 bits per heavy atom. The summed E-state index contributed by atoms with van der Waals surface area (Å²) < 4.78 is 10.8. The van der Waals surface area contributed by atoms with Crippen LogP contribution in [0.3, 0.4) is 0 Å². The van der Waals surface area contributed by atoms with Gasteiger partial charge in [-0.25, -0.2) is 9.78 Å². The second-order valence-corrected chi connectivity index (χ2v) is 5.75. The molecule has 21 heavy (non-hydrogen) atoms. The number of hydrogen-bond acceptors (Lipinski definition) is 5. The molecule has 0 aliphatic carbocycles. The number of hydrogen-bond donors (Lipinski definition) is 0. The Hall–Kier alpha value is -2.11. The number of aromatic nitrogens is 1. The van der Waals surface area contributed by atoms with Crippen LogP contribution >= 0.6 is 0 Å². The summed E-state index contributed by atoms with van der Waals surface area (Å²) in [6.07, 6.45) is 1.26. The van der Waals surface area contributed by atoms with Crippen molar-refractivity contribution in [2.45, 2.75) is 39.7 Å². The molecule has 0 fully saturated rings. The first-order valence-electron chi connectivity index (χ1n) is 6.99. The number of Topliss-reactive ketones (excluding diaryl/α,β-unsaturated/α-hetero) is 1. The van der Waals surface area contributed by atoms with Crippen molar-refractivity contribution in [3.05, 3.63) is 17.8 Å². The molecule has 2 heterocycles. The maximum Gasteiger partial charge on any atom is 0.416 e. The van der Waals surface area contributed by atoms with Gasteiger partial charge in [-0.3, -0.25) is 9.69 Å². The van der Waals surface area contributed by atoms with E-state index in [1.165, 1.54) is 11.1 Å². The smallest absolute Gasteiger partial charge is 0.416 e. The van der Waals surface area contributed by atoms with Crippen LogP contribution in [0.25, 0.3) is 0 Å². The zero-order chi connectivity index (χ0) is 15.6. The second kappa shape index (κ2) is 5.71. The van der Waals surface area contributed by atoms with Crippen LogP contribution in [0.15, 0.2) is 12.3 Å². The van der Waals surface area contributed by atoms with Crippen molar-refractivity contribution in [2.24, 2.45) is 0 Å². The standard InChI is InChI=1S/C15H20N2O4/c1-5-20-11-6-8-16-13-12(11)10(18)7-9-17(13)14(19)21-15(2,3)4/h6,8H,5,7,9H2,1-4H3. The first-order valence-corrected chi connectivity index (χ1v) is 6.99. The molecular formula is C15H20N2O4. The van der Waals surface area contributed by atoms with Crippen molar-refractivity contribution in [1.29, 1.82) is 0 Å². The van der Waals surface area contributed by atoms with Crippen molar-refractivity contribution < 1.29 is 19.1 Å². The fraction of sp³-hybridized carbons (Fsp3) is 0.533. The molecule has 1 aliphatic rings. The molecule has 0 unspecified atom stereocenters. The summed E-state index contributed by atoms with van der Waals surface area (Å²) in [7, 11) is 0. The lowest BCUT2D eigenvalue weighted by Gasteiger charge is -2.30. The zero-order valence-corrected chi connectivity index (χ0v) is 12.8. The van der Waals surface area contributed by atoms with Crippen LogP contribution in [0.2, 0.25) is 0 Å². The topological polar surface area (TPSA) is 68.7 Å². The summed E-state index contributed by atoms with van der Waals surface area (Å²) in [5.41, 5.74) is -0.243. The Balaban J connectivity index is 2.38. The molecule has 0 radical (unpaired) electrons. The Morgan fingerprint density at radius 3 is 2.76 bits per heavy atom. The van der Waals surface area contributed by atoms with Crippen molar-refractivity contribution >= 4 is 17.7 Å². The van der Waals surface area contributed by atoms with Gasteiger partial charge >= 0.3 is 6.09 Å². The number of ketones is 1. The van der Waals surface area contributed by atoms with Gasteiger partial charge < -0.3 is 9.47 Å². The maximum atomic E-state index is 12.3. The minimum Gasteiger partial charge on any atom is -0.493 e. The van der Waals surface area contributed by atoms with Gasteiger partial charge in [-0.2, -0.15) is 0 Å². The number of rotatable bonds is 2. The number of anilines is 1. The number of carbonyl (C=O) groups excluding carboxylic acids is 2. The lowest BCUT2D eigenvalue weighted by Crippen LogP contribution is -2.41. The highest BCUT2D eigenvalue weighted by atomic mass is 16.6. The summed E-state index contributed by atoms with van der Waals surface area (Å²) in [6.45, 7) is 7.94. The molecule has 0 aromatic carbocycles. The summed E-state index contributed by atoms with van der Waals surface area (Å²) in [5.74, 6) is 0.702. The van der Waals surface area contributed by atoms with E-state index in [9.17, 15) is 9.59 Å². The van der Waals surface area contributed by atoms with E-state index >= 15 is 0 Å². The first kappa shape index (κ1) is 15.3. The van der Waals surface area contributed by atoms with E-state index in [0.717, 1.165) is 0 Å². The molecule has 0 bridgehead atoms. The molecule has 0 atom stereocenters. The zero-order valence-electron chi connectivity index (χ0n) is 12.8. The van der Waals surface area contributed by atoms with Crippen LogP contribution in [0.5, 0.6) is 5.75 Å². The second-order valence-electron chi connectivity index (χ2n) is 5.75. The lowest BCUT2D eigenvalue weighted by molar-refractivity contribution is 0.0576. The van der Waals surface area contributed by atoms with Crippen LogP contribution in [-0.4, -0.2) is 35.6 Å². The molecule has 6 heteroatoms. The van der Waals surface area contributed by atoms with Crippen LogP contribution in [0.4, 0.5) is 10.6 Å². The molecule has 1 aliphatic heterocycles. The summed E-state index contributed by atoms with van der Waals surface area (Å²) >= 11 is 0. The number of ether oxygens (including phenoxy) is 2. The van der Waals surface area contributed by atoms with E-state index in [1.807, 2.05) is 6.92 Å². The molecular weight excluding hydrogens is 272 g/mol. The van der Waals surface area contributed by atoms with Crippen LogP contribution in [0.1, 0.15) is 44.5 Å². The van der Waals surface area contributed by atoms with Gasteiger partial charge in [0.25, 0.3) is 0 Å². The minimum atomic E-state index is -0.601. The van der Waals surface area contributed by atoms with Gasteiger partial charge in [-0.15, -0.1) is 0 Å². The van der Waals surface area contributed by atoms with E-state index in [-0.39, 0.29) is 18.7 Å². The fourth-order valence-electron chi connectivity index (χ4n) is 2.12. The molecule has 1 aromatic rings. The quantitative estimate of drug-likeness (QED) is 0.838. The highest BCUT2D eigenvalue weighted by Crippen LogP contribution is 2.33. The Bertz CT molecular complexity index is 563. The molecule has 114 valence electrons. The third-order valence-electron chi connectivity index (χ3n) is 2.90. The van der Waals surface area contributed by atoms with Crippen molar-refractivity contribution in [3.63, 3.8) is 0 Å². The predicted molar refractivity (Wildman–Crippen MR) is 77.9 cm³/mol.